The largest absolute Gasteiger partial charge is 0.481 e. The molecule has 0 spiro atoms. The minimum Gasteiger partial charge on any atom is -0.481 e. The van der Waals surface area contributed by atoms with Gasteiger partial charge in [-0.05, 0) is 33.6 Å². The van der Waals surface area contributed by atoms with E-state index in [-0.39, 0.29) is 5.91 Å². The molecular weight excluding hydrogens is 322 g/mol. The number of carbonyl (C=O) groups is 1. The Hall–Kier alpha value is -2.08. The second-order valence-corrected chi connectivity index (χ2v) is 4.89. The van der Waals surface area contributed by atoms with E-state index in [2.05, 4.69) is 26.2 Å². The first-order valence-corrected chi connectivity index (χ1v) is 6.72. The van der Waals surface area contributed by atoms with E-state index < -0.39 is 0 Å². The van der Waals surface area contributed by atoms with Gasteiger partial charge in [-0.25, -0.2) is 4.98 Å². The molecule has 6 heteroatoms. The number of rotatable bonds is 4. The van der Waals surface area contributed by atoms with E-state index in [1.807, 2.05) is 6.07 Å². The van der Waals surface area contributed by atoms with E-state index >= 15 is 0 Å². The number of pyridine rings is 1. The number of anilines is 1. The van der Waals surface area contributed by atoms with Gasteiger partial charge in [-0.3, -0.25) is 4.79 Å². The number of nitrogen functional groups attached to an aromatic ring is 1. The molecule has 2 aromatic rings. The standard InChI is InChI=1S/C14H14BrN3O2/c1-20-12-6-5-9(7-17-12)8-18-14(19)10-3-2-4-11(16)13(10)15/h2-7H,8,16H2,1H3,(H,18,19). The van der Waals surface area contributed by atoms with Crippen molar-refractivity contribution in [3.05, 3.63) is 52.1 Å². The molecule has 1 aromatic heterocycles. The third kappa shape index (κ3) is 3.27. The molecule has 0 fully saturated rings. The molecule has 0 atom stereocenters. The molecule has 0 aliphatic rings. The van der Waals surface area contributed by atoms with Crippen LogP contribution in [0.4, 0.5) is 5.69 Å². The van der Waals surface area contributed by atoms with Crippen molar-refractivity contribution in [1.82, 2.24) is 10.3 Å². The van der Waals surface area contributed by atoms with Crippen molar-refractivity contribution in [2.75, 3.05) is 12.8 Å². The number of nitrogens with zero attached hydrogens (tertiary/aromatic N) is 1. The second-order valence-electron chi connectivity index (χ2n) is 4.10. The van der Waals surface area contributed by atoms with Gasteiger partial charge in [0.05, 0.1) is 17.1 Å². The van der Waals surface area contributed by atoms with Crippen molar-refractivity contribution in [2.45, 2.75) is 6.54 Å². The average molecular weight is 336 g/mol. The Labute approximate surface area is 125 Å². The Morgan fingerprint density at radius 1 is 1.40 bits per heavy atom. The van der Waals surface area contributed by atoms with Crippen LogP contribution in [-0.2, 0) is 6.54 Å². The number of carbonyl (C=O) groups excluding carboxylic acids is 1. The zero-order valence-corrected chi connectivity index (χ0v) is 12.5. The number of methoxy groups -OCH3 is 1. The first kappa shape index (κ1) is 14.3. The molecule has 20 heavy (non-hydrogen) atoms. The molecule has 0 radical (unpaired) electrons. The van der Waals surface area contributed by atoms with Gasteiger partial charge in [0.1, 0.15) is 0 Å². The molecule has 0 aliphatic heterocycles. The Morgan fingerprint density at radius 2 is 2.20 bits per heavy atom. The van der Waals surface area contributed by atoms with Gasteiger partial charge in [0, 0.05) is 24.5 Å². The van der Waals surface area contributed by atoms with Crippen molar-refractivity contribution in [2.24, 2.45) is 0 Å². The molecule has 1 heterocycles. The molecule has 0 saturated carbocycles. The summed E-state index contributed by atoms with van der Waals surface area (Å²) in [5, 5.41) is 2.82. The van der Waals surface area contributed by atoms with Gasteiger partial charge in [-0.2, -0.15) is 0 Å². The highest BCUT2D eigenvalue weighted by molar-refractivity contribution is 9.10. The summed E-state index contributed by atoms with van der Waals surface area (Å²) in [5.41, 5.74) is 7.67. The van der Waals surface area contributed by atoms with Crippen LogP contribution in [-0.4, -0.2) is 18.0 Å². The number of halogens is 1. The van der Waals surface area contributed by atoms with Crippen molar-refractivity contribution in [3.63, 3.8) is 0 Å². The summed E-state index contributed by atoms with van der Waals surface area (Å²) in [6, 6.07) is 8.78. The van der Waals surface area contributed by atoms with Crippen LogP contribution in [0.15, 0.2) is 41.0 Å². The topological polar surface area (TPSA) is 77.2 Å². The fourth-order valence-corrected chi connectivity index (χ4v) is 2.08. The van der Waals surface area contributed by atoms with Gasteiger partial charge in [0.25, 0.3) is 5.91 Å². The van der Waals surface area contributed by atoms with Crippen LogP contribution >= 0.6 is 15.9 Å². The molecule has 0 unspecified atom stereocenters. The normalized spacial score (nSPS) is 10.1. The lowest BCUT2D eigenvalue weighted by Crippen LogP contribution is -2.23. The van der Waals surface area contributed by atoms with Crippen LogP contribution in [0.2, 0.25) is 0 Å². The Morgan fingerprint density at radius 3 is 2.85 bits per heavy atom. The van der Waals surface area contributed by atoms with E-state index in [0.717, 1.165) is 5.56 Å². The number of ether oxygens (including phenoxy) is 1. The van der Waals surface area contributed by atoms with Crippen molar-refractivity contribution in [3.8, 4) is 5.88 Å². The lowest BCUT2D eigenvalue weighted by molar-refractivity contribution is 0.0950. The SMILES string of the molecule is COc1ccc(CNC(=O)c2cccc(N)c2Br)cn1. The molecule has 0 saturated heterocycles. The number of nitrogens with one attached hydrogen (secondary N) is 1. The summed E-state index contributed by atoms with van der Waals surface area (Å²) in [6.45, 7) is 0.386. The fraction of sp³-hybridized carbons (Fsp3) is 0.143. The molecule has 5 nitrogen and oxygen atoms in total. The lowest BCUT2D eigenvalue weighted by Gasteiger charge is -2.08. The predicted molar refractivity (Wildman–Crippen MR) is 80.5 cm³/mol. The third-order valence-corrected chi connectivity index (χ3v) is 3.62. The minimum atomic E-state index is -0.194. The van der Waals surface area contributed by atoms with E-state index in [9.17, 15) is 4.79 Å². The van der Waals surface area contributed by atoms with Crippen molar-refractivity contribution >= 4 is 27.5 Å². The third-order valence-electron chi connectivity index (χ3n) is 2.73. The Balaban J connectivity index is 2.02. The van der Waals surface area contributed by atoms with Gasteiger partial charge < -0.3 is 15.8 Å². The van der Waals surface area contributed by atoms with E-state index in [1.165, 1.54) is 0 Å². The molecular formula is C14H14BrN3O2. The minimum absolute atomic E-state index is 0.194. The Kier molecular flexibility index (Phi) is 4.57. The van der Waals surface area contributed by atoms with E-state index in [0.29, 0.717) is 28.1 Å². The predicted octanol–water partition coefficient (Wildman–Crippen LogP) is 2.36. The van der Waals surface area contributed by atoms with Crippen LogP contribution < -0.4 is 15.8 Å². The highest BCUT2D eigenvalue weighted by Gasteiger charge is 2.11. The first-order valence-electron chi connectivity index (χ1n) is 5.93. The number of nitrogens with two attached hydrogens (primary N) is 1. The zero-order chi connectivity index (χ0) is 14.5. The summed E-state index contributed by atoms with van der Waals surface area (Å²) < 4.78 is 5.58. The molecule has 0 aliphatic carbocycles. The maximum absolute atomic E-state index is 12.1. The molecule has 1 amide bonds. The molecule has 1 aromatic carbocycles. The van der Waals surface area contributed by atoms with Crippen LogP contribution in [0.25, 0.3) is 0 Å². The second kappa shape index (κ2) is 6.38. The highest BCUT2D eigenvalue weighted by Crippen LogP contribution is 2.23. The van der Waals surface area contributed by atoms with Crippen LogP contribution in [0.1, 0.15) is 15.9 Å². The van der Waals surface area contributed by atoms with Gasteiger partial charge in [-0.15, -0.1) is 0 Å². The first-order chi connectivity index (χ1) is 9.61. The lowest BCUT2D eigenvalue weighted by atomic mass is 10.2. The maximum atomic E-state index is 12.1. The zero-order valence-electron chi connectivity index (χ0n) is 10.9. The smallest absolute Gasteiger partial charge is 0.252 e. The summed E-state index contributed by atoms with van der Waals surface area (Å²) in [5.74, 6) is 0.346. The van der Waals surface area contributed by atoms with Gasteiger partial charge in [-0.1, -0.05) is 12.1 Å². The van der Waals surface area contributed by atoms with Crippen LogP contribution in [0.3, 0.4) is 0 Å². The highest BCUT2D eigenvalue weighted by atomic mass is 79.9. The van der Waals surface area contributed by atoms with E-state index in [1.54, 1.807) is 37.6 Å². The summed E-state index contributed by atoms with van der Waals surface area (Å²) in [7, 11) is 1.56. The van der Waals surface area contributed by atoms with Crippen molar-refractivity contribution in [1.29, 1.82) is 0 Å². The number of benzene rings is 1. The molecule has 3 N–H and O–H groups in total. The summed E-state index contributed by atoms with van der Waals surface area (Å²) in [4.78, 5) is 16.1. The number of aromatic nitrogens is 1. The number of hydrogen-bond donors (Lipinski definition) is 2. The van der Waals surface area contributed by atoms with Crippen LogP contribution in [0.5, 0.6) is 5.88 Å². The number of amides is 1. The summed E-state index contributed by atoms with van der Waals surface area (Å²) in [6.07, 6.45) is 1.66. The molecule has 2 rings (SSSR count). The number of hydrogen-bond acceptors (Lipinski definition) is 4. The maximum Gasteiger partial charge on any atom is 0.252 e. The quantitative estimate of drug-likeness (QED) is 0.841. The Bertz CT molecular complexity index is 614. The van der Waals surface area contributed by atoms with Gasteiger partial charge in [0.2, 0.25) is 5.88 Å². The molecule has 0 bridgehead atoms. The fourth-order valence-electron chi connectivity index (χ4n) is 1.64. The van der Waals surface area contributed by atoms with Crippen LogP contribution in [0, 0.1) is 0 Å². The average Bonchev–Trinajstić information content (AvgIpc) is 2.48. The van der Waals surface area contributed by atoms with Gasteiger partial charge >= 0.3 is 0 Å². The molecule has 104 valence electrons. The van der Waals surface area contributed by atoms with Gasteiger partial charge in [0.15, 0.2) is 0 Å². The monoisotopic (exact) mass is 335 g/mol. The summed E-state index contributed by atoms with van der Waals surface area (Å²) >= 11 is 3.31. The van der Waals surface area contributed by atoms with Crippen molar-refractivity contribution < 1.29 is 9.53 Å². The van der Waals surface area contributed by atoms with E-state index in [4.69, 9.17) is 10.5 Å².